The van der Waals surface area contributed by atoms with E-state index in [4.69, 9.17) is 10.1 Å². The van der Waals surface area contributed by atoms with Crippen molar-refractivity contribution in [3.05, 3.63) is 23.8 Å². The van der Waals surface area contributed by atoms with Gasteiger partial charge in [0.05, 0.1) is 12.8 Å². The molecule has 13 heavy (non-hydrogen) atoms. The predicted octanol–water partition coefficient (Wildman–Crippen LogP) is 0.423. The van der Waals surface area contributed by atoms with Crippen LogP contribution in [0.1, 0.15) is 5.56 Å². The maximum Gasteiger partial charge on any atom is 0.141 e. The molecular formula is C9H11N2O2-. The molecule has 1 aromatic rings. The van der Waals surface area contributed by atoms with Gasteiger partial charge in [0.1, 0.15) is 5.75 Å². The van der Waals surface area contributed by atoms with E-state index in [0.717, 1.165) is 0 Å². The summed E-state index contributed by atoms with van der Waals surface area (Å²) in [6.07, 6.45) is 0. The summed E-state index contributed by atoms with van der Waals surface area (Å²) in [7, 11) is 3.29. The third-order valence-corrected chi connectivity index (χ3v) is 1.73. The van der Waals surface area contributed by atoms with Crippen LogP contribution in [0.3, 0.4) is 0 Å². The van der Waals surface area contributed by atoms with Crippen LogP contribution in [0.15, 0.2) is 18.2 Å². The van der Waals surface area contributed by atoms with Crippen molar-refractivity contribution in [2.45, 2.75) is 0 Å². The second-order valence-electron chi connectivity index (χ2n) is 2.49. The lowest BCUT2D eigenvalue weighted by atomic mass is 10.2. The highest BCUT2D eigenvalue weighted by molar-refractivity contribution is 5.89. The first-order chi connectivity index (χ1) is 6.19. The van der Waals surface area contributed by atoms with Crippen molar-refractivity contribution >= 4 is 11.6 Å². The Hall–Kier alpha value is -1.71. The van der Waals surface area contributed by atoms with Crippen LogP contribution in [0.5, 0.6) is 5.75 Å². The number of anilines is 1. The zero-order valence-electron chi connectivity index (χ0n) is 7.55. The molecule has 0 bridgehead atoms. The van der Waals surface area contributed by atoms with E-state index < -0.39 is 5.90 Å². The van der Waals surface area contributed by atoms with E-state index in [1.165, 1.54) is 0 Å². The number of hydrogen-bond donors (Lipinski definition) is 2. The van der Waals surface area contributed by atoms with E-state index in [1.54, 1.807) is 32.4 Å². The minimum Gasteiger partial charge on any atom is -0.859 e. The van der Waals surface area contributed by atoms with Crippen molar-refractivity contribution in [3.8, 4) is 5.75 Å². The molecule has 0 aliphatic rings. The average molecular weight is 179 g/mol. The molecule has 0 saturated carbocycles. The Morgan fingerprint density at radius 1 is 1.54 bits per heavy atom. The lowest BCUT2D eigenvalue weighted by Crippen LogP contribution is -2.16. The number of nitrogens with one attached hydrogen (secondary N) is 2. The largest absolute Gasteiger partial charge is 0.859 e. The topological polar surface area (TPSA) is 68.2 Å². The maximum absolute atomic E-state index is 10.7. The summed E-state index contributed by atoms with van der Waals surface area (Å²) in [5.41, 5.74) is 1.06. The molecule has 0 radical (unpaired) electrons. The van der Waals surface area contributed by atoms with Gasteiger partial charge in [-0.05, 0) is 23.6 Å². The summed E-state index contributed by atoms with van der Waals surface area (Å²) in [5.74, 6) is -0.0355. The van der Waals surface area contributed by atoms with Crippen LogP contribution in [0.4, 0.5) is 5.69 Å². The zero-order valence-corrected chi connectivity index (χ0v) is 7.55. The van der Waals surface area contributed by atoms with Crippen LogP contribution in [-0.4, -0.2) is 20.1 Å². The second-order valence-corrected chi connectivity index (χ2v) is 2.49. The van der Waals surface area contributed by atoms with Gasteiger partial charge in [-0.1, -0.05) is 6.07 Å². The zero-order chi connectivity index (χ0) is 9.84. The first-order valence-electron chi connectivity index (χ1n) is 3.80. The second kappa shape index (κ2) is 3.80. The van der Waals surface area contributed by atoms with Crippen molar-refractivity contribution in [1.29, 1.82) is 5.41 Å². The van der Waals surface area contributed by atoms with Crippen molar-refractivity contribution < 1.29 is 9.84 Å². The first-order valence-corrected chi connectivity index (χ1v) is 3.80. The summed E-state index contributed by atoms with van der Waals surface area (Å²) in [5, 5.41) is 20.5. The van der Waals surface area contributed by atoms with E-state index in [2.05, 4.69) is 5.32 Å². The van der Waals surface area contributed by atoms with E-state index in [1.807, 2.05) is 0 Å². The Bertz CT molecular complexity index is 323. The first kappa shape index (κ1) is 9.38. The number of methoxy groups -OCH3 is 1. The van der Waals surface area contributed by atoms with Gasteiger partial charge in [-0.2, -0.15) is 0 Å². The molecule has 0 aliphatic heterocycles. The summed E-state index contributed by atoms with van der Waals surface area (Å²) < 4.78 is 5.04. The molecule has 0 heterocycles. The number of benzene rings is 1. The van der Waals surface area contributed by atoms with Crippen LogP contribution in [0.2, 0.25) is 0 Å². The molecule has 0 aromatic heterocycles. The van der Waals surface area contributed by atoms with Crippen molar-refractivity contribution in [2.24, 2.45) is 0 Å². The van der Waals surface area contributed by atoms with Crippen molar-refractivity contribution in [2.75, 3.05) is 19.5 Å². The van der Waals surface area contributed by atoms with Crippen LogP contribution < -0.4 is 15.2 Å². The third kappa shape index (κ3) is 1.90. The average Bonchev–Trinajstić information content (AvgIpc) is 2.16. The molecule has 4 heteroatoms. The van der Waals surface area contributed by atoms with Gasteiger partial charge >= 0.3 is 0 Å². The number of rotatable bonds is 3. The smallest absolute Gasteiger partial charge is 0.141 e. The van der Waals surface area contributed by atoms with E-state index in [-0.39, 0.29) is 0 Å². The van der Waals surface area contributed by atoms with Crippen LogP contribution in [0, 0.1) is 5.41 Å². The molecule has 1 aromatic carbocycles. The summed E-state index contributed by atoms with van der Waals surface area (Å²) >= 11 is 0. The lowest BCUT2D eigenvalue weighted by Gasteiger charge is -2.12. The lowest BCUT2D eigenvalue weighted by molar-refractivity contribution is -0.214. The summed E-state index contributed by atoms with van der Waals surface area (Å²) in [6.45, 7) is 0. The molecule has 2 N–H and O–H groups in total. The molecule has 0 aliphatic carbocycles. The van der Waals surface area contributed by atoms with Gasteiger partial charge < -0.3 is 20.6 Å². The highest BCUT2D eigenvalue weighted by Crippen LogP contribution is 2.24. The molecule has 1 rings (SSSR count). The molecule has 0 spiro atoms. The fourth-order valence-corrected chi connectivity index (χ4v) is 1.04. The van der Waals surface area contributed by atoms with E-state index >= 15 is 0 Å². The highest BCUT2D eigenvalue weighted by atomic mass is 16.5. The fraction of sp³-hybridized carbons (Fsp3) is 0.222. The Balaban J connectivity index is 3.13. The van der Waals surface area contributed by atoms with Crippen LogP contribution in [0.25, 0.3) is 0 Å². The Morgan fingerprint density at radius 3 is 2.69 bits per heavy atom. The Kier molecular flexibility index (Phi) is 2.74. The molecule has 0 atom stereocenters. The molecule has 0 saturated heterocycles. The third-order valence-electron chi connectivity index (χ3n) is 1.73. The predicted molar refractivity (Wildman–Crippen MR) is 49.4 cm³/mol. The van der Waals surface area contributed by atoms with Crippen LogP contribution >= 0.6 is 0 Å². The summed E-state index contributed by atoms with van der Waals surface area (Å²) in [4.78, 5) is 0. The molecule has 70 valence electrons. The standard InChI is InChI=1S/C9H12N2O2/c1-11-7-5-6(9(10)12)3-4-8(7)13-2/h3-5,11H,1-2H3,(H2,10,12)/p-1. The van der Waals surface area contributed by atoms with Crippen molar-refractivity contribution in [3.63, 3.8) is 0 Å². The molecule has 0 fully saturated rings. The van der Waals surface area contributed by atoms with Gasteiger partial charge in [0.2, 0.25) is 0 Å². The molecule has 4 nitrogen and oxygen atoms in total. The minimum atomic E-state index is -0.695. The number of ether oxygens (including phenoxy) is 1. The summed E-state index contributed by atoms with van der Waals surface area (Å²) in [6, 6.07) is 4.82. The van der Waals surface area contributed by atoms with Crippen molar-refractivity contribution in [1.82, 2.24) is 0 Å². The maximum atomic E-state index is 10.7. The molecular weight excluding hydrogens is 168 g/mol. The van der Waals surface area contributed by atoms with Gasteiger partial charge in [-0.25, -0.2) is 0 Å². The SMILES string of the molecule is CNc1cc(C(=N)[O-])ccc1OC. The Labute approximate surface area is 76.7 Å². The minimum absolute atomic E-state index is 0.352. The van der Waals surface area contributed by atoms with Gasteiger partial charge in [-0.3, -0.25) is 0 Å². The normalized spacial score (nSPS) is 9.38. The van der Waals surface area contributed by atoms with Gasteiger partial charge in [-0.15, -0.1) is 0 Å². The number of hydrogen-bond acceptors (Lipinski definition) is 4. The van der Waals surface area contributed by atoms with Crippen LogP contribution in [-0.2, 0) is 0 Å². The molecule has 0 unspecified atom stereocenters. The monoisotopic (exact) mass is 179 g/mol. The van der Waals surface area contributed by atoms with Gasteiger partial charge in [0.15, 0.2) is 0 Å². The highest BCUT2D eigenvalue weighted by Gasteiger charge is 2.01. The molecule has 0 amide bonds. The fourth-order valence-electron chi connectivity index (χ4n) is 1.04. The van der Waals surface area contributed by atoms with E-state index in [0.29, 0.717) is 17.0 Å². The van der Waals surface area contributed by atoms with Gasteiger partial charge in [0.25, 0.3) is 0 Å². The van der Waals surface area contributed by atoms with Gasteiger partial charge in [0, 0.05) is 7.05 Å². The van der Waals surface area contributed by atoms with E-state index in [9.17, 15) is 5.11 Å². The quantitative estimate of drug-likeness (QED) is 0.522. The Morgan fingerprint density at radius 2 is 2.23 bits per heavy atom.